The average Bonchev–Trinajstić information content (AvgIpc) is 3.45. The fourth-order valence-corrected chi connectivity index (χ4v) is 5.59. The van der Waals surface area contributed by atoms with Crippen molar-refractivity contribution < 1.29 is 23.5 Å². The molecule has 0 aromatic carbocycles. The Morgan fingerprint density at radius 3 is 2.67 bits per heavy atom. The quantitative estimate of drug-likeness (QED) is 0.628. The van der Waals surface area contributed by atoms with E-state index >= 15 is 0 Å². The van der Waals surface area contributed by atoms with Gasteiger partial charge in [0.2, 0.25) is 0 Å². The van der Waals surface area contributed by atoms with Crippen LogP contribution in [0.1, 0.15) is 49.6 Å². The van der Waals surface area contributed by atoms with Gasteiger partial charge in [0, 0.05) is 42.4 Å². The van der Waals surface area contributed by atoms with Crippen LogP contribution in [0.2, 0.25) is 0 Å². The van der Waals surface area contributed by atoms with Gasteiger partial charge in [-0.3, -0.25) is 14.5 Å². The van der Waals surface area contributed by atoms with Crippen molar-refractivity contribution in [3.05, 3.63) is 45.0 Å². The zero-order valence-electron chi connectivity index (χ0n) is 17.1. The molecular weight excluding hydrogens is 404 g/mol. The molecule has 0 spiro atoms. The number of hydrogen-bond acceptors (Lipinski definition) is 7. The van der Waals surface area contributed by atoms with E-state index in [0.717, 1.165) is 29.7 Å². The summed E-state index contributed by atoms with van der Waals surface area (Å²) in [5.74, 6) is 0.0194. The molecule has 0 atom stereocenters. The van der Waals surface area contributed by atoms with Crippen molar-refractivity contribution in [2.45, 2.75) is 32.6 Å². The topological polar surface area (TPSA) is 80.1 Å². The Labute approximate surface area is 179 Å². The van der Waals surface area contributed by atoms with E-state index in [-0.39, 0.29) is 24.1 Å². The van der Waals surface area contributed by atoms with Crippen molar-refractivity contribution in [1.29, 1.82) is 0 Å². The predicted octanol–water partition coefficient (Wildman–Crippen LogP) is 2.58. The predicted molar refractivity (Wildman–Crippen MR) is 112 cm³/mol. The molecule has 7 nitrogen and oxygen atoms in total. The van der Waals surface area contributed by atoms with Crippen LogP contribution in [-0.4, -0.2) is 66.8 Å². The zero-order valence-corrected chi connectivity index (χ0v) is 18.0. The number of aryl methyl sites for hydroxylation is 1. The highest BCUT2D eigenvalue weighted by Crippen LogP contribution is 2.36. The molecule has 0 N–H and O–H groups in total. The number of thiophene rings is 1. The number of ether oxygens (including phenoxy) is 1. The zero-order chi connectivity index (χ0) is 21.1. The first kappa shape index (κ1) is 20.8. The Balaban J connectivity index is 1.34. The molecule has 2 aliphatic rings. The Morgan fingerprint density at radius 1 is 1.17 bits per heavy atom. The first-order valence-corrected chi connectivity index (χ1v) is 11.3. The number of Topliss-reactive ketones (excluding diaryl/α,β-unsaturated/α-hetero) is 1. The molecule has 0 unspecified atom stereocenters. The molecule has 1 amide bonds. The molecule has 160 valence electrons. The van der Waals surface area contributed by atoms with E-state index < -0.39 is 0 Å². The third-order valence-electron chi connectivity index (χ3n) is 5.62. The Bertz CT molecular complexity index is 926. The molecule has 3 heterocycles. The summed E-state index contributed by atoms with van der Waals surface area (Å²) < 4.78 is 10.4. The number of carbonyl (C=O) groups is 3. The molecular formula is C22H26N2O5S. The van der Waals surface area contributed by atoms with E-state index in [1.807, 2.05) is 0 Å². The van der Waals surface area contributed by atoms with Gasteiger partial charge in [0.25, 0.3) is 5.91 Å². The summed E-state index contributed by atoms with van der Waals surface area (Å²) in [5, 5.41) is 0. The number of hydrogen-bond donors (Lipinski definition) is 0. The second kappa shape index (κ2) is 9.14. The van der Waals surface area contributed by atoms with Crippen molar-refractivity contribution in [3.8, 4) is 0 Å². The fraction of sp³-hybridized carbons (Fsp3) is 0.500. The second-order valence-electron chi connectivity index (χ2n) is 7.64. The van der Waals surface area contributed by atoms with Crippen LogP contribution in [0.15, 0.2) is 22.8 Å². The van der Waals surface area contributed by atoms with Gasteiger partial charge in [-0.1, -0.05) is 0 Å². The number of rotatable bonds is 7. The summed E-state index contributed by atoms with van der Waals surface area (Å²) >= 11 is 1.59. The van der Waals surface area contributed by atoms with Crippen LogP contribution in [0.25, 0.3) is 0 Å². The number of furan rings is 1. The Hall–Kier alpha value is -2.45. The van der Waals surface area contributed by atoms with Crippen molar-refractivity contribution in [3.63, 3.8) is 0 Å². The number of amides is 1. The summed E-state index contributed by atoms with van der Waals surface area (Å²) in [5.41, 5.74) is 1.72. The third kappa shape index (κ3) is 4.34. The first-order chi connectivity index (χ1) is 14.6. The van der Waals surface area contributed by atoms with E-state index in [1.165, 1.54) is 11.1 Å². The molecule has 4 rings (SSSR count). The van der Waals surface area contributed by atoms with Crippen LogP contribution in [-0.2, 0) is 28.8 Å². The summed E-state index contributed by atoms with van der Waals surface area (Å²) in [7, 11) is 0. The van der Waals surface area contributed by atoms with Gasteiger partial charge < -0.3 is 14.1 Å². The monoisotopic (exact) mass is 430 g/mol. The molecule has 2 aromatic heterocycles. The van der Waals surface area contributed by atoms with Gasteiger partial charge in [0.05, 0.1) is 25.0 Å². The van der Waals surface area contributed by atoms with Gasteiger partial charge in [-0.2, -0.15) is 0 Å². The van der Waals surface area contributed by atoms with Gasteiger partial charge in [0.1, 0.15) is 0 Å². The van der Waals surface area contributed by atoms with Crippen molar-refractivity contribution in [2.75, 3.05) is 39.3 Å². The average molecular weight is 431 g/mol. The van der Waals surface area contributed by atoms with Gasteiger partial charge in [-0.25, -0.2) is 4.79 Å². The molecule has 1 aliphatic heterocycles. The lowest BCUT2D eigenvalue weighted by Crippen LogP contribution is -2.50. The normalized spacial score (nSPS) is 16.5. The summed E-state index contributed by atoms with van der Waals surface area (Å²) in [6.45, 7) is 4.87. The second-order valence-corrected chi connectivity index (χ2v) is 8.83. The highest BCUT2D eigenvalue weighted by molar-refractivity contribution is 7.12. The number of piperazine rings is 1. The minimum atomic E-state index is -0.301. The van der Waals surface area contributed by atoms with Crippen LogP contribution >= 0.6 is 11.3 Å². The smallest absolute Gasteiger partial charge is 0.339 e. The van der Waals surface area contributed by atoms with Crippen molar-refractivity contribution in [2.24, 2.45) is 0 Å². The lowest BCUT2D eigenvalue weighted by atomic mass is 10.1. The number of fused-ring (bicyclic) bond motifs is 1. The largest absolute Gasteiger partial charge is 0.462 e. The molecule has 30 heavy (non-hydrogen) atoms. The van der Waals surface area contributed by atoms with Crippen LogP contribution in [0, 0.1) is 0 Å². The van der Waals surface area contributed by atoms with Crippen LogP contribution in [0.5, 0.6) is 0 Å². The third-order valence-corrected chi connectivity index (χ3v) is 6.91. The molecule has 1 aliphatic carbocycles. The van der Waals surface area contributed by atoms with Crippen LogP contribution in [0.3, 0.4) is 0 Å². The standard InChI is InChI=1S/C22H26N2O5S/c1-2-28-22(27)20-16-5-3-7-18(16)30-19(20)13-15(25)14-23-8-10-24(11-9-23)21(26)17-6-4-12-29-17/h4,6,12H,2-3,5,7-11,13-14H2,1H3. The number of esters is 1. The minimum Gasteiger partial charge on any atom is -0.462 e. The van der Waals surface area contributed by atoms with Crippen LogP contribution < -0.4 is 0 Å². The van der Waals surface area contributed by atoms with Gasteiger partial charge in [0.15, 0.2) is 11.5 Å². The molecule has 2 aromatic rings. The summed E-state index contributed by atoms with van der Waals surface area (Å²) in [6.07, 6.45) is 4.68. The maximum absolute atomic E-state index is 12.8. The summed E-state index contributed by atoms with van der Waals surface area (Å²) in [6, 6.07) is 3.37. The Morgan fingerprint density at radius 2 is 1.97 bits per heavy atom. The highest BCUT2D eigenvalue weighted by Gasteiger charge is 2.29. The minimum absolute atomic E-state index is 0.0892. The molecule has 1 fully saturated rings. The van der Waals surface area contributed by atoms with Crippen molar-refractivity contribution in [1.82, 2.24) is 9.80 Å². The summed E-state index contributed by atoms with van der Waals surface area (Å²) in [4.78, 5) is 43.5. The van der Waals surface area contributed by atoms with E-state index in [1.54, 1.807) is 35.3 Å². The number of carbonyl (C=O) groups excluding carboxylic acids is 3. The molecule has 0 saturated carbocycles. The lowest BCUT2D eigenvalue weighted by Gasteiger charge is -2.33. The molecule has 8 heteroatoms. The van der Waals surface area contributed by atoms with Crippen molar-refractivity contribution >= 4 is 29.0 Å². The van der Waals surface area contributed by atoms with Gasteiger partial charge in [-0.15, -0.1) is 11.3 Å². The molecule has 0 radical (unpaired) electrons. The van der Waals surface area contributed by atoms with E-state index in [0.29, 0.717) is 50.7 Å². The number of ketones is 1. The molecule has 0 bridgehead atoms. The first-order valence-electron chi connectivity index (χ1n) is 10.4. The lowest BCUT2D eigenvalue weighted by molar-refractivity contribution is -0.119. The highest BCUT2D eigenvalue weighted by atomic mass is 32.1. The van der Waals surface area contributed by atoms with Gasteiger partial charge >= 0.3 is 5.97 Å². The Kier molecular flexibility index (Phi) is 6.34. The van der Waals surface area contributed by atoms with E-state index in [4.69, 9.17) is 9.15 Å². The number of nitrogens with zero attached hydrogens (tertiary/aromatic N) is 2. The van der Waals surface area contributed by atoms with E-state index in [9.17, 15) is 14.4 Å². The van der Waals surface area contributed by atoms with Gasteiger partial charge in [-0.05, 0) is 43.9 Å². The molecule has 1 saturated heterocycles. The maximum atomic E-state index is 12.8. The maximum Gasteiger partial charge on any atom is 0.339 e. The fourth-order valence-electron chi connectivity index (χ4n) is 4.18. The SMILES string of the molecule is CCOC(=O)c1c(CC(=O)CN2CCN(C(=O)c3ccco3)CC2)sc2c1CCC2. The van der Waals surface area contributed by atoms with E-state index in [2.05, 4.69) is 4.90 Å². The van der Waals surface area contributed by atoms with Crippen LogP contribution in [0.4, 0.5) is 0 Å².